The van der Waals surface area contributed by atoms with Gasteiger partial charge in [0, 0.05) is 12.1 Å². The molecule has 0 spiro atoms. The lowest BCUT2D eigenvalue weighted by molar-refractivity contribution is -0.141. The number of hydrogen-bond acceptors (Lipinski definition) is 4. The predicted octanol–water partition coefficient (Wildman–Crippen LogP) is 4.23. The molecule has 10 heteroatoms. The van der Waals surface area contributed by atoms with Crippen molar-refractivity contribution in [1.29, 1.82) is 0 Å². The summed E-state index contributed by atoms with van der Waals surface area (Å²) in [6.45, 7) is 0. The molecule has 24 heavy (non-hydrogen) atoms. The minimum atomic E-state index is -4.74. The zero-order valence-electron chi connectivity index (χ0n) is 11.9. The Hall–Kier alpha value is -2.52. The molecule has 0 amide bonds. The second-order valence-electron chi connectivity index (χ2n) is 5.23. The molecule has 2 N–H and O–H groups in total. The molecule has 0 unspecified atom stereocenters. The average molecular weight is 348 g/mol. The summed E-state index contributed by atoms with van der Waals surface area (Å²) in [5.74, 6) is -5.38. The largest absolute Gasteiger partial charge is 0.433 e. The van der Waals surface area contributed by atoms with E-state index in [9.17, 15) is 26.3 Å². The fraction of sp³-hybridized carbons (Fsp3) is 0.286. The van der Waals surface area contributed by atoms with Crippen LogP contribution in [0, 0.1) is 17.5 Å². The second kappa shape index (κ2) is 5.84. The van der Waals surface area contributed by atoms with Gasteiger partial charge in [0.15, 0.2) is 23.1 Å². The Balaban J connectivity index is 1.95. The van der Waals surface area contributed by atoms with Crippen LogP contribution in [0.2, 0.25) is 0 Å². The topological polar surface area (TPSA) is 49.8 Å². The Morgan fingerprint density at radius 1 is 1.00 bits per heavy atom. The summed E-state index contributed by atoms with van der Waals surface area (Å²) >= 11 is 0. The highest BCUT2D eigenvalue weighted by Crippen LogP contribution is 2.32. The number of anilines is 3. The molecule has 1 fully saturated rings. The van der Waals surface area contributed by atoms with Gasteiger partial charge in [0.2, 0.25) is 5.95 Å². The number of benzene rings is 1. The van der Waals surface area contributed by atoms with Gasteiger partial charge in [-0.25, -0.2) is 18.2 Å². The lowest BCUT2D eigenvalue weighted by atomic mass is 10.2. The zero-order chi connectivity index (χ0) is 17.5. The number of rotatable bonds is 4. The highest BCUT2D eigenvalue weighted by Gasteiger charge is 2.34. The molecule has 4 nitrogen and oxygen atoms in total. The smallest absolute Gasteiger partial charge is 0.351 e. The minimum absolute atomic E-state index is 0.0127. The molecule has 0 saturated heterocycles. The molecule has 1 heterocycles. The Kier molecular flexibility index (Phi) is 3.98. The van der Waals surface area contributed by atoms with Crippen LogP contribution in [-0.4, -0.2) is 16.0 Å². The van der Waals surface area contributed by atoms with Crippen LogP contribution in [0.1, 0.15) is 18.5 Å². The third-order valence-electron chi connectivity index (χ3n) is 3.23. The summed E-state index contributed by atoms with van der Waals surface area (Å²) in [5, 5.41) is 4.91. The van der Waals surface area contributed by atoms with Crippen molar-refractivity contribution in [2.45, 2.75) is 25.1 Å². The van der Waals surface area contributed by atoms with Crippen LogP contribution in [0.5, 0.6) is 0 Å². The van der Waals surface area contributed by atoms with Crippen LogP contribution in [0.4, 0.5) is 43.8 Å². The minimum Gasteiger partial charge on any atom is -0.351 e. The monoisotopic (exact) mass is 348 g/mol. The summed E-state index contributed by atoms with van der Waals surface area (Å²) in [6, 6.07) is 2.05. The van der Waals surface area contributed by atoms with E-state index in [1.807, 2.05) is 0 Å². The van der Waals surface area contributed by atoms with E-state index in [0.29, 0.717) is 12.1 Å². The summed E-state index contributed by atoms with van der Waals surface area (Å²) in [5.41, 5.74) is -1.79. The normalized spacial score (nSPS) is 14.6. The van der Waals surface area contributed by atoms with Crippen molar-refractivity contribution in [2.75, 3.05) is 10.6 Å². The fourth-order valence-electron chi connectivity index (χ4n) is 1.89. The maximum absolute atomic E-state index is 13.6. The van der Waals surface area contributed by atoms with Crippen LogP contribution >= 0.6 is 0 Å². The molecule has 1 saturated carbocycles. The highest BCUT2D eigenvalue weighted by molar-refractivity contribution is 5.58. The molecule has 1 aliphatic carbocycles. The molecule has 0 bridgehead atoms. The molecule has 1 aromatic carbocycles. The average Bonchev–Trinajstić information content (AvgIpc) is 3.31. The Morgan fingerprint density at radius 2 is 1.71 bits per heavy atom. The molecule has 0 radical (unpaired) electrons. The van der Waals surface area contributed by atoms with E-state index in [-0.39, 0.29) is 12.0 Å². The first-order chi connectivity index (χ1) is 11.2. The standard InChI is InChI=1S/C14H10F6N4/c15-7-3-4-8(12(17)11(7)16)22-10-5-9(14(18,19)20)23-13(24-10)21-6-1-2-6/h3-6H,1-2H2,(H2,21,22,23,24). The number of nitrogens with zero attached hydrogens (tertiary/aromatic N) is 2. The first-order valence-corrected chi connectivity index (χ1v) is 6.87. The van der Waals surface area contributed by atoms with Crippen LogP contribution in [0.15, 0.2) is 18.2 Å². The van der Waals surface area contributed by atoms with Gasteiger partial charge in [-0.2, -0.15) is 18.2 Å². The Labute approximate surface area is 131 Å². The van der Waals surface area contributed by atoms with Gasteiger partial charge in [-0.15, -0.1) is 0 Å². The SMILES string of the molecule is Fc1ccc(Nc2cc(C(F)(F)F)nc(NC3CC3)n2)c(F)c1F. The summed E-state index contributed by atoms with van der Waals surface area (Å²) in [6.07, 6.45) is -3.19. The summed E-state index contributed by atoms with van der Waals surface area (Å²) in [4.78, 5) is 7.16. The lowest BCUT2D eigenvalue weighted by Crippen LogP contribution is -2.14. The maximum atomic E-state index is 13.6. The van der Waals surface area contributed by atoms with Crippen molar-refractivity contribution in [1.82, 2.24) is 9.97 Å². The van der Waals surface area contributed by atoms with Crippen molar-refractivity contribution in [3.63, 3.8) is 0 Å². The molecular formula is C14H10F6N4. The first-order valence-electron chi connectivity index (χ1n) is 6.87. The molecule has 128 valence electrons. The summed E-state index contributed by atoms with van der Waals surface area (Å²) in [7, 11) is 0. The number of nitrogens with one attached hydrogen (secondary N) is 2. The van der Waals surface area contributed by atoms with Crippen LogP contribution in [0.25, 0.3) is 0 Å². The van der Waals surface area contributed by atoms with Crippen LogP contribution in [-0.2, 0) is 6.18 Å². The third-order valence-corrected chi connectivity index (χ3v) is 3.23. The molecule has 1 aromatic heterocycles. The number of halogens is 6. The second-order valence-corrected chi connectivity index (χ2v) is 5.23. The van der Waals surface area contributed by atoms with Crippen molar-refractivity contribution >= 4 is 17.5 Å². The first kappa shape index (κ1) is 16.3. The molecular weight excluding hydrogens is 338 g/mol. The van der Waals surface area contributed by atoms with Gasteiger partial charge in [0.25, 0.3) is 0 Å². The molecule has 3 rings (SSSR count). The Morgan fingerprint density at radius 3 is 2.33 bits per heavy atom. The van der Waals surface area contributed by atoms with E-state index in [0.717, 1.165) is 18.9 Å². The van der Waals surface area contributed by atoms with Gasteiger partial charge >= 0.3 is 6.18 Å². The number of hydrogen-bond donors (Lipinski definition) is 2. The van der Waals surface area contributed by atoms with Gasteiger partial charge in [0.05, 0.1) is 5.69 Å². The van der Waals surface area contributed by atoms with Crippen LogP contribution < -0.4 is 10.6 Å². The van der Waals surface area contributed by atoms with E-state index in [4.69, 9.17) is 0 Å². The van der Waals surface area contributed by atoms with Gasteiger partial charge in [-0.1, -0.05) is 0 Å². The predicted molar refractivity (Wildman–Crippen MR) is 73.3 cm³/mol. The van der Waals surface area contributed by atoms with Crippen LogP contribution in [0.3, 0.4) is 0 Å². The molecule has 2 aromatic rings. The van der Waals surface area contributed by atoms with Gasteiger partial charge in [-0.3, -0.25) is 0 Å². The van der Waals surface area contributed by atoms with Crippen molar-refractivity contribution in [2.24, 2.45) is 0 Å². The Bertz CT molecular complexity index is 773. The van der Waals surface area contributed by atoms with Gasteiger partial charge in [-0.05, 0) is 25.0 Å². The van der Waals surface area contributed by atoms with Crippen molar-refractivity contribution < 1.29 is 26.3 Å². The van der Waals surface area contributed by atoms with E-state index >= 15 is 0 Å². The summed E-state index contributed by atoms with van der Waals surface area (Å²) < 4.78 is 78.5. The number of aromatic nitrogens is 2. The van der Waals surface area contributed by atoms with Crippen molar-refractivity contribution in [3.05, 3.63) is 41.3 Å². The van der Waals surface area contributed by atoms with E-state index in [1.54, 1.807) is 0 Å². The molecule has 0 aliphatic heterocycles. The van der Waals surface area contributed by atoms with Gasteiger partial charge in [0.1, 0.15) is 5.82 Å². The van der Waals surface area contributed by atoms with Gasteiger partial charge < -0.3 is 10.6 Å². The zero-order valence-corrected chi connectivity index (χ0v) is 11.9. The highest BCUT2D eigenvalue weighted by atomic mass is 19.4. The van der Waals surface area contributed by atoms with Crippen molar-refractivity contribution in [3.8, 4) is 0 Å². The quantitative estimate of drug-likeness (QED) is 0.641. The van der Waals surface area contributed by atoms with E-state index < -0.39 is 40.8 Å². The van der Waals surface area contributed by atoms with E-state index in [2.05, 4.69) is 20.6 Å². The maximum Gasteiger partial charge on any atom is 0.433 e. The lowest BCUT2D eigenvalue weighted by Gasteiger charge is -2.13. The molecule has 0 atom stereocenters. The third kappa shape index (κ3) is 3.52. The number of alkyl halides is 3. The van der Waals surface area contributed by atoms with E-state index in [1.165, 1.54) is 0 Å². The fourth-order valence-corrected chi connectivity index (χ4v) is 1.89. The molecule has 1 aliphatic rings.